The third-order valence-corrected chi connectivity index (χ3v) is 3.33. The van der Waals surface area contributed by atoms with Crippen LogP contribution in [-0.4, -0.2) is 23.6 Å². The normalized spacial score (nSPS) is 19.7. The minimum absolute atomic E-state index is 0.0192. The highest BCUT2D eigenvalue weighted by molar-refractivity contribution is 7.99. The summed E-state index contributed by atoms with van der Waals surface area (Å²) in [6.45, 7) is 0.374. The molecule has 1 saturated heterocycles. The zero-order valence-electron chi connectivity index (χ0n) is 8.70. The van der Waals surface area contributed by atoms with Gasteiger partial charge in [-0.05, 0) is 17.7 Å². The van der Waals surface area contributed by atoms with E-state index in [0.29, 0.717) is 6.54 Å². The van der Waals surface area contributed by atoms with E-state index in [4.69, 9.17) is 0 Å². The van der Waals surface area contributed by atoms with Crippen molar-refractivity contribution in [2.45, 2.75) is 12.6 Å². The smallest absolute Gasteiger partial charge is 0.238 e. The quantitative estimate of drug-likeness (QED) is 0.831. The largest absolute Gasteiger partial charge is 0.351 e. The molecule has 1 unspecified atom stereocenters. The van der Waals surface area contributed by atoms with E-state index < -0.39 is 0 Å². The number of amides is 1. The maximum atomic E-state index is 12.9. The van der Waals surface area contributed by atoms with Crippen LogP contribution < -0.4 is 10.6 Å². The molecule has 0 spiro atoms. The molecule has 1 aromatic rings. The summed E-state index contributed by atoms with van der Waals surface area (Å²) in [4.78, 5) is 11.6. The van der Waals surface area contributed by atoms with E-state index in [0.717, 1.165) is 17.2 Å². The number of nitrogens with one attached hydrogen (secondary N) is 2. The first-order valence-electron chi connectivity index (χ1n) is 5.09. The molecule has 1 aliphatic rings. The number of carbonyl (C=O) groups is 1. The first-order valence-corrected chi connectivity index (χ1v) is 6.24. The lowest BCUT2D eigenvalue weighted by atomic mass is 10.2. The lowest BCUT2D eigenvalue weighted by molar-refractivity contribution is -0.122. The average molecular weight is 240 g/mol. The average Bonchev–Trinajstić information content (AvgIpc) is 2.79. The Morgan fingerprint density at radius 2 is 2.50 bits per heavy atom. The lowest BCUT2D eigenvalue weighted by Crippen LogP contribution is -2.41. The number of carbonyl (C=O) groups excluding carboxylic acids is 1. The topological polar surface area (TPSA) is 41.1 Å². The van der Waals surface area contributed by atoms with Gasteiger partial charge in [0, 0.05) is 18.2 Å². The van der Waals surface area contributed by atoms with Crippen LogP contribution in [0, 0.1) is 5.82 Å². The fourth-order valence-electron chi connectivity index (χ4n) is 1.52. The molecule has 16 heavy (non-hydrogen) atoms. The van der Waals surface area contributed by atoms with Crippen LogP contribution in [0.2, 0.25) is 0 Å². The molecule has 3 nitrogen and oxygen atoms in total. The summed E-state index contributed by atoms with van der Waals surface area (Å²) in [6.07, 6.45) is 0. The highest BCUT2D eigenvalue weighted by atomic mass is 32.2. The molecule has 1 fully saturated rings. The minimum Gasteiger partial charge on any atom is -0.351 e. The van der Waals surface area contributed by atoms with Crippen molar-refractivity contribution in [3.8, 4) is 0 Å². The van der Waals surface area contributed by atoms with E-state index in [-0.39, 0.29) is 17.8 Å². The summed E-state index contributed by atoms with van der Waals surface area (Å²) in [6, 6.07) is 6.14. The number of hydrogen-bond donors (Lipinski definition) is 2. The van der Waals surface area contributed by atoms with Crippen LogP contribution in [0.4, 0.5) is 4.39 Å². The van der Waals surface area contributed by atoms with Gasteiger partial charge in [-0.25, -0.2) is 4.39 Å². The Morgan fingerprint density at radius 1 is 1.62 bits per heavy atom. The Morgan fingerprint density at radius 3 is 3.19 bits per heavy atom. The second-order valence-electron chi connectivity index (χ2n) is 3.62. The maximum absolute atomic E-state index is 12.9. The Bertz CT molecular complexity index is 380. The van der Waals surface area contributed by atoms with Crippen LogP contribution in [0.3, 0.4) is 0 Å². The SMILES string of the molecule is O=C(NCc1cccc(F)c1)C1CSCN1. The molecule has 1 heterocycles. The molecule has 5 heteroatoms. The molecule has 2 N–H and O–H groups in total. The van der Waals surface area contributed by atoms with Gasteiger partial charge in [0.2, 0.25) is 5.91 Å². The van der Waals surface area contributed by atoms with Crippen molar-refractivity contribution in [1.82, 2.24) is 10.6 Å². The third-order valence-electron chi connectivity index (χ3n) is 2.39. The third kappa shape index (κ3) is 2.96. The van der Waals surface area contributed by atoms with Gasteiger partial charge in [-0.1, -0.05) is 12.1 Å². The number of hydrogen-bond acceptors (Lipinski definition) is 3. The van der Waals surface area contributed by atoms with E-state index in [1.807, 2.05) is 0 Å². The lowest BCUT2D eigenvalue weighted by Gasteiger charge is -2.10. The first kappa shape index (κ1) is 11.4. The molecular formula is C11H13FN2OS. The van der Waals surface area contributed by atoms with Gasteiger partial charge in [0.1, 0.15) is 5.82 Å². The zero-order valence-corrected chi connectivity index (χ0v) is 9.52. The van der Waals surface area contributed by atoms with E-state index >= 15 is 0 Å². The monoisotopic (exact) mass is 240 g/mol. The second-order valence-corrected chi connectivity index (χ2v) is 4.65. The van der Waals surface area contributed by atoms with Crippen molar-refractivity contribution in [3.63, 3.8) is 0 Å². The van der Waals surface area contributed by atoms with Gasteiger partial charge in [-0.2, -0.15) is 0 Å². The summed E-state index contributed by atoms with van der Waals surface area (Å²) in [5.41, 5.74) is 0.777. The molecule has 0 saturated carbocycles. The molecule has 0 radical (unpaired) electrons. The number of halogens is 1. The van der Waals surface area contributed by atoms with E-state index in [9.17, 15) is 9.18 Å². The van der Waals surface area contributed by atoms with E-state index in [1.165, 1.54) is 12.1 Å². The van der Waals surface area contributed by atoms with Crippen molar-refractivity contribution < 1.29 is 9.18 Å². The van der Waals surface area contributed by atoms with Crippen molar-refractivity contribution in [1.29, 1.82) is 0 Å². The Kier molecular flexibility index (Phi) is 3.79. The van der Waals surface area contributed by atoms with Crippen LogP contribution >= 0.6 is 11.8 Å². The summed E-state index contributed by atoms with van der Waals surface area (Å²) in [5, 5.41) is 5.87. The highest BCUT2D eigenvalue weighted by Crippen LogP contribution is 2.09. The van der Waals surface area contributed by atoms with Gasteiger partial charge < -0.3 is 5.32 Å². The van der Waals surface area contributed by atoms with Crippen LogP contribution in [0.15, 0.2) is 24.3 Å². The van der Waals surface area contributed by atoms with Crippen LogP contribution in [0.25, 0.3) is 0 Å². The van der Waals surface area contributed by atoms with Gasteiger partial charge in [-0.15, -0.1) is 11.8 Å². The predicted molar refractivity (Wildman–Crippen MR) is 62.5 cm³/mol. The van der Waals surface area contributed by atoms with Gasteiger partial charge >= 0.3 is 0 Å². The van der Waals surface area contributed by atoms with Crippen LogP contribution in [0.1, 0.15) is 5.56 Å². The predicted octanol–water partition coefficient (Wildman–Crippen LogP) is 1.10. The summed E-state index contributed by atoms with van der Waals surface area (Å²) in [7, 11) is 0. The molecule has 86 valence electrons. The van der Waals surface area contributed by atoms with E-state index in [1.54, 1.807) is 23.9 Å². The maximum Gasteiger partial charge on any atom is 0.238 e. The van der Waals surface area contributed by atoms with E-state index in [2.05, 4.69) is 10.6 Å². The molecule has 2 rings (SSSR count). The molecule has 0 bridgehead atoms. The molecule has 1 aliphatic heterocycles. The van der Waals surface area contributed by atoms with Crippen molar-refractivity contribution >= 4 is 17.7 Å². The molecule has 1 aromatic carbocycles. The summed E-state index contributed by atoms with van der Waals surface area (Å²) in [5.74, 6) is 1.32. The van der Waals surface area contributed by atoms with Crippen molar-refractivity contribution in [2.24, 2.45) is 0 Å². The van der Waals surface area contributed by atoms with Gasteiger partial charge in [-0.3, -0.25) is 10.1 Å². The summed E-state index contributed by atoms with van der Waals surface area (Å²) < 4.78 is 12.9. The molecular weight excluding hydrogens is 227 g/mol. The fraction of sp³-hybridized carbons (Fsp3) is 0.364. The van der Waals surface area contributed by atoms with Gasteiger partial charge in [0.25, 0.3) is 0 Å². The number of thioether (sulfide) groups is 1. The Balaban J connectivity index is 1.84. The zero-order chi connectivity index (χ0) is 11.4. The van der Waals surface area contributed by atoms with Gasteiger partial charge in [0.05, 0.1) is 6.04 Å². The Labute approximate surface area is 97.8 Å². The Hall–Kier alpha value is -1.07. The molecule has 0 aliphatic carbocycles. The number of rotatable bonds is 3. The number of benzene rings is 1. The molecule has 0 aromatic heterocycles. The van der Waals surface area contributed by atoms with Gasteiger partial charge in [0.15, 0.2) is 0 Å². The highest BCUT2D eigenvalue weighted by Gasteiger charge is 2.21. The summed E-state index contributed by atoms with van der Waals surface area (Å²) >= 11 is 1.70. The van der Waals surface area contributed by atoms with Crippen LogP contribution in [0.5, 0.6) is 0 Å². The second kappa shape index (κ2) is 5.32. The molecule has 1 atom stereocenters. The minimum atomic E-state index is -0.277. The fourth-order valence-corrected chi connectivity index (χ4v) is 2.46. The first-order chi connectivity index (χ1) is 7.75. The molecule has 1 amide bonds. The van der Waals surface area contributed by atoms with Crippen molar-refractivity contribution in [3.05, 3.63) is 35.6 Å². The standard InChI is InChI=1S/C11H13FN2OS/c12-9-3-1-2-8(4-9)5-13-11(15)10-6-16-7-14-10/h1-4,10,14H,5-7H2,(H,13,15). The van der Waals surface area contributed by atoms with Crippen molar-refractivity contribution in [2.75, 3.05) is 11.6 Å². The van der Waals surface area contributed by atoms with Crippen LogP contribution in [-0.2, 0) is 11.3 Å².